The number of nitrogens with zero attached hydrogens (tertiary/aromatic N) is 1. The first-order valence-electron chi connectivity index (χ1n) is 8.30. The number of imide groups is 1. The van der Waals surface area contributed by atoms with Crippen LogP contribution in [0.15, 0.2) is 66.9 Å². The van der Waals surface area contributed by atoms with Crippen molar-refractivity contribution in [2.24, 2.45) is 0 Å². The van der Waals surface area contributed by atoms with Gasteiger partial charge in [0.15, 0.2) is 0 Å². The fraction of sp³-hybridized carbons (Fsp3) is 0.143. The van der Waals surface area contributed by atoms with Gasteiger partial charge in [-0.2, -0.15) is 0 Å². The van der Waals surface area contributed by atoms with Crippen molar-refractivity contribution < 1.29 is 14.3 Å². The van der Waals surface area contributed by atoms with Gasteiger partial charge in [0, 0.05) is 0 Å². The average molecular weight is 348 g/mol. The Hall–Kier alpha value is -3.34. The predicted molar refractivity (Wildman–Crippen MR) is 100 cm³/mol. The van der Waals surface area contributed by atoms with Crippen molar-refractivity contribution in [3.05, 3.63) is 83.6 Å². The summed E-state index contributed by atoms with van der Waals surface area (Å²) >= 11 is 0. The molecule has 0 atom stereocenters. The van der Waals surface area contributed by atoms with Crippen LogP contribution in [-0.2, 0) is 11.3 Å². The van der Waals surface area contributed by atoms with Crippen LogP contribution in [0, 0.1) is 6.92 Å². The zero-order valence-corrected chi connectivity index (χ0v) is 14.6. The van der Waals surface area contributed by atoms with Crippen molar-refractivity contribution in [2.75, 3.05) is 6.61 Å². The molecule has 0 bridgehead atoms. The number of hydrogen-bond acceptors (Lipinski definition) is 3. The number of rotatable bonds is 6. The maximum Gasteiger partial charge on any atom is 0.329 e. The van der Waals surface area contributed by atoms with Crippen molar-refractivity contribution in [3.63, 3.8) is 0 Å². The third-order valence-electron chi connectivity index (χ3n) is 3.98. The van der Waals surface area contributed by atoms with Crippen molar-refractivity contribution in [1.29, 1.82) is 0 Å². The van der Waals surface area contributed by atoms with Gasteiger partial charge in [0.05, 0.1) is 6.54 Å². The Morgan fingerprint density at radius 3 is 2.42 bits per heavy atom. The van der Waals surface area contributed by atoms with Crippen LogP contribution in [-0.4, -0.2) is 23.4 Å². The van der Waals surface area contributed by atoms with Gasteiger partial charge >= 0.3 is 6.03 Å². The van der Waals surface area contributed by atoms with Gasteiger partial charge in [0.25, 0.3) is 5.91 Å². The van der Waals surface area contributed by atoms with Gasteiger partial charge in [-0.1, -0.05) is 54.6 Å². The third kappa shape index (κ3) is 4.00. The summed E-state index contributed by atoms with van der Waals surface area (Å²) in [5.41, 5.74) is 3.11. The molecule has 2 aromatic rings. The number of carbonyl (C=O) groups is 2. The molecule has 1 heterocycles. The van der Waals surface area contributed by atoms with Crippen molar-refractivity contribution in [3.8, 4) is 5.75 Å². The molecule has 3 amide bonds. The molecule has 0 radical (unpaired) electrons. The van der Waals surface area contributed by atoms with Gasteiger partial charge in [-0.25, -0.2) is 4.79 Å². The fourth-order valence-electron chi connectivity index (χ4n) is 2.57. The predicted octanol–water partition coefficient (Wildman–Crippen LogP) is 3.65. The van der Waals surface area contributed by atoms with Gasteiger partial charge in [-0.15, -0.1) is 0 Å². The van der Waals surface area contributed by atoms with E-state index in [1.54, 1.807) is 24.3 Å². The van der Waals surface area contributed by atoms with Crippen LogP contribution in [0.25, 0.3) is 6.08 Å². The first kappa shape index (κ1) is 17.5. The smallest absolute Gasteiger partial charge is 0.329 e. The van der Waals surface area contributed by atoms with E-state index in [0.29, 0.717) is 6.61 Å². The summed E-state index contributed by atoms with van der Waals surface area (Å²) in [7, 11) is 0. The highest BCUT2D eigenvalue weighted by molar-refractivity contribution is 6.13. The monoisotopic (exact) mass is 348 g/mol. The first-order chi connectivity index (χ1) is 12.6. The van der Waals surface area contributed by atoms with Crippen LogP contribution >= 0.6 is 0 Å². The van der Waals surface area contributed by atoms with Gasteiger partial charge < -0.3 is 10.1 Å². The minimum absolute atomic E-state index is 0.247. The Morgan fingerprint density at radius 1 is 1.08 bits per heavy atom. The maximum absolute atomic E-state index is 12.5. The second-order valence-electron chi connectivity index (χ2n) is 6.03. The Balaban J connectivity index is 1.72. The molecule has 1 aliphatic heterocycles. The summed E-state index contributed by atoms with van der Waals surface area (Å²) in [5, 5.41) is 2.64. The average Bonchev–Trinajstić information content (AvgIpc) is 2.90. The Labute approximate surface area is 152 Å². The van der Waals surface area contributed by atoms with E-state index in [1.165, 1.54) is 4.90 Å². The Morgan fingerprint density at radius 2 is 1.77 bits per heavy atom. The second-order valence-corrected chi connectivity index (χ2v) is 6.03. The molecule has 1 aliphatic rings. The molecule has 0 spiro atoms. The molecule has 26 heavy (non-hydrogen) atoms. The van der Waals surface area contributed by atoms with Crippen molar-refractivity contribution in [1.82, 2.24) is 10.2 Å². The molecule has 1 saturated heterocycles. The molecule has 3 rings (SSSR count). The summed E-state index contributed by atoms with van der Waals surface area (Å²) < 4.78 is 5.43. The van der Waals surface area contributed by atoms with E-state index in [2.05, 4.69) is 11.9 Å². The third-order valence-corrected chi connectivity index (χ3v) is 3.98. The van der Waals surface area contributed by atoms with E-state index in [0.717, 1.165) is 22.4 Å². The molecular weight excluding hydrogens is 328 g/mol. The zero-order valence-electron chi connectivity index (χ0n) is 14.6. The van der Waals surface area contributed by atoms with Crippen LogP contribution in [0.4, 0.5) is 4.79 Å². The highest BCUT2D eigenvalue weighted by atomic mass is 16.5. The molecule has 2 aromatic carbocycles. The summed E-state index contributed by atoms with van der Waals surface area (Å²) in [6, 6.07) is 14.6. The molecule has 0 aliphatic carbocycles. The van der Waals surface area contributed by atoms with Crippen LogP contribution in [0.1, 0.15) is 16.7 Å². The summed E-state index contributed by atoms with van der Waals surface area (Å²) in [6.45, 7) is 6.27. The normalized spacial score (nSPS) is 15.3. The van der Waals surface area contributed by atoms with E-state index in [-0.39, 0.29) is 18.1 Å². The summed E-state index contributed by atoms with van der Waals surface area (Å²) in [6.07, 6.45) is 3.33. The first-order valence-corrected chi connectivity index (χ1v) is 8.30. The second kappa shape index (κ2) is 7.70. The number of benzene rings is 2. The lowest BCUT2D eigenvalue weighted by Crippen LogP contribution is -2.30. The van der Waals surface area contributed by atoms with Gasteiger partial charge in [-0.3, -0.25) is 9.69 Å². The fourth-order valence-corrected chi connectivity index (χ4v) is 2.57. The molecule has 5 heteroatoms. The molecule has 0 saturated carbocycles. The lowest BCUT2D eigenvalue weighted by atomic mass is 10.1. The number of amides is 3. The molecule has 1 N–H and O–H groups in total. The SMILES string of the molecule is C=CCOc1ccc(/C=C2/NC(=O)N(Cc3ccc(C)cc3)C2=O)cc1. The molecular formula is C21H20N2O3. The summed E-state index contributed by atoms with van der Waals surface area (Å²) in [5.74, 6) is 0.386. The van der Waals surface area contributed by atoms with Crippen molar-refractivity contribution >= 4 is 18.0 Å². The van der Waals surface area contributed by atoms with Gasteiger partial charge in [0.2, 0.25) is 0 Å². The summed E-state index contributed by atoms with van der Waals surface area (Å²) in [4.78, 5) is 25.9. The minimum atomic E-state index is -0.409. The topological polar surface area (TPSA) is 58.6 Å². The number of ether oxygens (including phenoxy) is 1. The number of urea groups is 1. The molecule has 0 unspecified atom stereocenters. The van der Waals surface area contributed by atoms with Crippen LogP contribution in [0.5, 0.6) is 5.75 Å². The molecule has 1 fully saturated rings. The quantitative estimate of drug-likeness (QED) is 0.492. The Kier molecular flexibility index (Phi) is 5.17. The number of carbonyl (C=O) groups excluding carboxylic acids is 2. The standard InChI is InChI=1S/C21H20N2O3/c1-3-12-26-18-10-8-16(9-11-18)13-19-20(24)23(21(25)22-19)14-17-6-4-15(2)5-7-17/h3-11,13H,1,12,14H2,2H3,(H,22,25)/b19-13+. The van der Waals surface area contributed by atoms with Gasteiger partial charge in [0.1, 0.15) is 18.1 Å². The highest BCUT2D eigenvalue weighted by Crippen LogP contribution is 2.19. The van der Waals surface area contributed by atoms with E-state index in [9.17, 15) is 9.59 Å². The molecule has 5 nitrogen and oxygen atoms in total. The van der Waals surface area contributed by atoms with Crippen LogP contribution in [0.2, 0.25) is 0 Å². The van der Waals surface area contributed by atoms with Gasteiger partial charge in [-0.05, 0) is 36.3 Å². The number of nitrogens with one attached hydrogen (secondary N) is 1. The highest BCUT2D eigenvalue weighted by Gasteiger charge is 2.33. The Bertz CT molecular complexity index is 852. The molecule has 0 aromatic heterocycles. The largest absolute Gasteiger partial charge is 0.490 e. The van der Waals surface area contributed by atoms with E-state index >= 15 is 0 Å². The van der Waals surface area contributed by atoms with E-state index in [1.807, 2.05) is 43.3 Å². The molecule has 132 valence electrons. The number of aryl methyl sites for hydroxylation is 1. The number of hydrogen-bond donors (Lipinski definition) is 1. The maximum atomic E-state index is 12.5. The van der Waals surface area contributed by atoms with Crippen molar-refractivity contribution in [2.45, 2.75) is 13.5 Å². The van der Waals surface area contributed by atoms with Crippen LogP contribution < -0.4 is 10.1 Å². The van der Waals surface area contributed by atoms with E-state index < -0.39 is 6.03 Å². The lowest BCUT2D eigenvalue weighted by Gasteiger charge is -2.11. The zero-order chi connectivity index (χ0) is 18.5. The minimum Gasteiger partial charge on any atom is -0.490 e. The van der Waals surface area contributed by atoms with E-state index in [4.69, 9.17) is 4.74 Å². The van der Waals surface area contributed by atoms with Crippen LogP contribution in [0.3, 0.4) is 0 Å². The lowest BCUT2D eigenvalue weighted by molar-refractivity contribution is -0.123.